The van der Waals surface area contributed by atoms with Gasteiger partial charge in [0.1, 0.15) is 0 Å². The van der Waals surface area contributed by atoms with Gasteiger partial charge in [0.25, 0.3) is 5.56 Å². The Bertz CT molecular complexity index is 390. The van der Waals surface area contributed by atoms with Gasteiger partial charge in [0.2, 0.25) is 0 Å². The van der Waals surface area contributed by atoms with Crippen LogP contribution < -0.4 is 5.56 Å². The minimum absolute atomic E-state index is 0.173. The maximum absolute atomic E-state index is 11.2. The maximum atomic E-state index is 11.2. The first kappa shape index (κ1) is 9.28. The zero-order chi connectivity index (χ0) is 9.68. The summed E-state index contributed by atoms with van der Waals surface area (Å²) in [6.07, 6.45) is 1.59. The Morgan fingerprint density at radius 1 is 1.77 bits per heavy atom. The molecule has 0 aliphatic rings. The summed E-state index contributed by atoms with van der Waals surface area (Å²) in [5.41, 5.74) is 8.66. The second-order valence-electron chi connectivity index (χ2n) is 2.55. The van der Waals surface area contributed by atoms with Crippen LogP contribution in [0.5, 0.6) is 0 Å². The number of hydrogen-bond donors (Lipinski definition) is 0. The van der Waals surface area contributed by atoms with Crippen molar-refractivity contribution >= 4 is 0 Å². The molecule has 6 heteroatoms. The first-order valence-electron chi connectivity index (χ1n) is 3.78. The summed E-state index contributed by atoms with van der Waals surface area (Å²) in [5.74, 6) is 0. The molecule has 0 spiro atoms. The largest absolute Gasteiger partial charge is 0.268 e. The molecule has 0 saturated heterocycles. The van der Waals surface area contributed by atoms with Gasteiger partial charge in [0.05, 0.1) is 12.7 Å². The van der Waals surface area contributed by atoms with Crippen LogP contribution in [-0.4, -0.2) is 16.3 Å². The minimum Gasteiger partial charge on any atom is -0.268 e. The van der Waals surface area contributed by atoms with Gasteiger partial charge in [0, 0.05) is 17.5 Å². The van der Waals surface area contributed by atoms with Crippen LogP contribution in [-0.2, 0) is 6.54 Å². The zero-order valence-electron chi connectivity index (χ0n) is 7.21. The van der Waals surface area contributed by atoms with Crippen molar-refractivity contribution in [3.63, 3.8) is 0 Å². The highest BCUT2D eigenvalue weighted by Gasteiger charge is 1.95. The van der Waals surface area contributed by atoms with Crippen molar-refractivity contribution in [2.45, 2.75) is 13.5 Å². The van der Waals surface area contributed by atoms with Crippen molar-refractivity contribution < 1.29 is 0 Å². The summed E-state index contributed by atoms with van der Waals surface area (Å²) in [7, 11) is 0. The molecule has 0 atom stereocenters. The second-order valence-corrected chi connectivity index (χ2v) is 2.55. The van der Waals surface area contributed by atoms with Crippen molar-refractivity contribution in [1.82, 2.24) is 9.78 Å². The van der Waals surface area contributed by atoms with Gasteiger partial charge in [-0.15, -0.1) is 0 Å². The molecule has 0 unspecified atom stereocenters. The molecule has 68 valence electrons. The lowest BCUT2D eigenvalue weighted by Crippen LogP contribution is -2.23. The van der Waals surface area contributed by atoms with E-state index >= 15 is 0 Å². The van der Waals surface area contributed by atoms with E-state index in [9.17, 15) is 4.79 Å². The Hall–Kier alpha value is -1.81. The fraction of sp³-hybridized carbons (Fsp3) is 0.429. The lowest BCUT2D eigenvalue weighted by Gasteiger charge is -2.00. The molecule has 0 amide bonds. The van der Waals surface area contributed by atoms with Crippen LogP contribution >= 0.6 is 0 Å². The van der Waals surface area contributed by atoms with Crippen LogP contribution in [0.4, 0.5) is 0 Å². The zero-order valence-corrected chi connectivity index (χ0v) is 7.21. The lowest BCUT2D eigenvalue weighted by molar-refractivity contribution is 0.584. The molecule has 1 aromatic rings. The van der Waals surface area contributed by atoms with E-state index in [-0.39, 0.29) is 12.1 Å². The molecule has 0 aromatic carbocycles. The molecule has 0 saturated carbocycles. The van der Waals surface area contributed by atoms with Gasteiger partial charge >= 0.3 is 0 Å². The van der Waals surface area contributed by atoms with Crippen LogP contribution in [0.25, 0.3) is 10.4 Å². The average Bonchev–Trinajstić information content (AvgIpc) is 2.09. The maximum Gasteiger partial charge on any atom is 0.266 e. The van der Waals surface area contributed by atoms with E-state index in [0.717, 1.165) is 5.56 Å². The molecule has 0 fully saturated rings. The summed E-state index contributed by atoms with van der Waals surface area (Å²) in [5, 5.41) is 7.18. The van der Waals surface area contributed by atoms with Gasteiger partial charge in [-0.25, -0.2) is 4.68 Å². The van der Waals surface area contributed by atoms with Crippen LogP contribution in [0.15, 0.2) is 22.2 Å². The third kappa shape index (κ3) is 2.61. The Balaban J connectivity index is 2.78. The van der Waals surface area contributed by atoms with Crippen LogP contribution in [0.2, 0.25) is 0 Å². The van der Waals surface area contributed by atoms with E-state index in [1.165, 1.54) is 10.7 Å². The number of aryl methyl sites for hydroxylation is 1. The summed E-state index contributed by atoms with van der Waals surface area (Å²) in [6.45, 7) is 2.36. The first-order valence-corrected chi connectivity index (χ1v) is 3.78. The van der Waals surface area contributed by atoms with Crippen molar-refractivity contribution in [2.75, 3.05) is 6.54 Å². The van der Waals surface area contributed by atoms with Crippen LogP contribution in [0, 0.1) is 6.92 Å². The van der Waals surface area contributed by atoms with E-state index in [1.54, 1.807) is 13.1 Å². The van der Waals surface area contributed by atoms with Crippen molar-refractivity contribution in [3.05, 3.63) is 38.6 Å². The highest BCUT2D eigenvalue weighted by atomic mass is 16.1. The molecular formula is C7H9N5O. The number of hydrogen-bond acceptors (Lipinski definition) is 3. The molecule has 0 bridgehead atoms. The van der Waals surface area contributed by atoms with Gasteiger partial charge in [-0.3, -0.25) is 4.79 Å². The van der Waals surface area contributed by atoms with E-state index < -0.39 is 0 Å². The summed E-state index contributed by atoms with van der Waals surface area (Å²) < 4.78 is 1.27. The topological polar surface area (TPSA) is 83.7 Å². The Labute approximate surface area is 74.4 Å². The van der Waals surface area contributed by atoms with E-state index in [1.807, 2.05) is 0 Å². The molecular weight excluding hydrogens is 170 g/mol. The molecule has 1 rings (SSSR count). The fourth-order valence-corrected chi connectivity index (χ4v) is 0.876. The molecule has 0 aliphatic carbocycles. The predicted octanol–water partition coefficient (Wildman–Crippen LogP) is 0.862. The van der Waals surface area contributed by atoms with E-state index in [2.05, 4.69) is 15.1 Å². The smallest absolute Gasteiger partial charge is 0.266 e. The average molecular weight is 179 g/mol. The number of rotatable bonds is 3. The van der Waals surface area contributed by atoms with Crippen LogP contribution in [0.3, 0.4) is 0 Å². The molecule has 0 N–H and O–H groups in total. The normalized spacial score (nSPS) is 9.31. The van der Waals surface area contributed by atoms with Gasteiger partial charge in [-0.2, -0.15) is 5.10 Å². The van der Waals surface area contributed by atoms with Gasteiger partial charge < -0.3 is 0 Å². The van der Waals surface area contributed by atoms with E-state index in [4.69, 9.17) is 5.53 Å². The molecule has 1 aromatic heterocycles. The number of aromatic nitrogens is 2. The second kappa shape index (κ2) is 4.27. The third-order valence-electron chi connectivity index (χ3n) is 1.48. The van der Waals surface area contributed by atoms with Gasteiger partial charge in [-0.05, 0) is 18.0 Å². The number of azide groups is 1. The van der Waals surface area contributed by atoms with Gasteiger partial charge in [-0.1, -0.05) is 5.11 Å². The van der Waals surface area contributed by atoms with Crippen LogP contribution in [0.1, 0.15) is 5.56 Å². The SMILES string of the molecule is Cc1cnn(CCN=[N+]=[N-])c(=O)c1. The standard InChI is InChI=1S/C7H9N5O/c1-6-4-7(13)12(10-5-6)3-2-9-11-8/h4-5H,2-3H2,1H3. The highest BCUT2D eigenvalue weighted by molar-refractivity contribution is 5.02. The fourth-order valence-electron chi connectivity index (χ4n) is 0.876. The monoisotopic (exact) mass is 179 g/mol. The lowest BCUT2D eigenvalue weighted by atomic mass is 10.3. The molecule has 13 heavy (non-hydrogen) atoms. The molecule has 6 nitrogen and oxygen atoms in total. The van der Waals surface area contributed by atoms with E-state index in [0.29, 0.717) is 6.54 Å². The van der Waals surface area contributed by atoms with Gasteiger partial charge in [0.15, 0.2) is 0 Å². The molecule has 0 radical (unpaired) electrons. The van der Waals surface area contributed by atoms with Crippen molar-refractivity contribution in [1.29, 1.82) is 0 Å². The Kier molecular flexibility index (Phi) is 3.05. The van der Waals surface area contributed by atoms with Crippen molar-refractivity contribution in [3.8, 4) is 0 Å². The summed E-state index contributed by atoms with van der Waals surface area (Å²) in [6, 6.07) is 1.49. The third-order valence-corrected chi connectivity index (χ3v) is 1.48. The highest BCUT2D eigenvalue weighted by Crippen LogP contribution is 1.86. The Morgan fingerprint density at radius 2 is 2.54 bits per heavy atom. The number of nitrogens with zero attached hydrogens (tertiary/aromatic N) is 5. The summed E-state index contributed by atoms with van der Waals surface area (Å²) in [4.78, 5) is 13.8. The molecule has 0 aliphatic heterocycles. The predicted molar refractivity (Wildman–Crippen MR) is 47.2 cm³/mol. The quantitative estimate of drug-likeness (QED) is 0.391. The van der Waals surface area contributed by atoms with Crippen molar-refractivity contribution in [2.24, 2.45) is 5.11 Å². The Morgan fingerprint density at radius 3 is 3.15 bits per heavy atom. The first-order chi connectivity index (χ1) is 6.24. The minimum atomic E-state index is -0.173. The molecule has 1 heterocycles. The summed E-state index contributed by atoms with van der Waals surface area (Å²) >= 11 is 0.